The van der Waals surface area contributed by atoms with E-state index in [2.05, 4.69) is 16.4 Å². The fraction of sp³-hybridized carbons (Fsp3) is 0.500. The number of carbonyl (C=O) groups is 2. The highest BCUT2D eigenvalue weighted by Crippen LogP contribution is 2.38. The van der Waals surface area contributed by atoms with Gasteiger partial charge in [0.25, 0.3) is 5.91 Å². The van der Waals surface area contributed by atoms with Crippen LogP contribution >= 0.6 is 0 Å². The van der Waals surface area contributed by atoms with Gasteiger partial charge < -0.3 is 16.0 Å². The minimum absolute atomic E-state index is 0.173. The van der Waals surface area contributed by atoms with Crippen LogP contribution < -0.4 is 11.1 Å². The van der Waals surface area contributed by atoms with Crippen molar-refractivity contribution in [2.45, 2.75) is 57.2 Å². The van der Waals surface area contributed by atoms with Crippen LogP contribution in [-0.2, 0) is 11.2 Å². The molecule has 3 aliphatic rings. The highest BCUT2D eigenvalue weighted by molar-refractivity contribution is 6.00. The van der Waals surface area contributed by atoms with Crippen molar-refractivity contribution >= 4 is 23.6 Å². The zero-order valence-corrected chi connectivity index (χ0v) is 13.8. The highest BCUT2D eigenvalue weighted by Gasteiger charge is 2.42. The van der Waals surface area contributed by atoms with Gasteiger partial charge in [0.1, 0.15) is 0 Å². The van der Waals surface area contributed by atoms with Crippen molar-refractivity contribution in [3.8, 4) is 0 Å². The van der Waals surface area contributed by atoms with Gasteiger partial charge in [0, 0.05) is 43.2 Å². The van der Waals surface area contributed by atoms with Crippen LogP contribution in [0.4, 0.5) is 5.69 Å². The predicted molar refractivity (Wildman–Crippen MR) is 91.5 cm³/mol. The third-order valence-electron chi connectivity index (χ3n) is 5.51. The van der Waals surface area contributed by atoms with E-state index in [9.17, 15) is 9.59 Å². The molecule has 2 bridgehead atoms. The van der Waals surface area contributed by atoms with Gasteiger partial charge >= 0.3 is 0 Å². The van der Waals surface area contributed by atoms with Crippen molar-refractivity contribution in [1.29, 1.82) is 0 Å². The van der Waals surface area contributed by atoms with E-state index in [1.54, 1.807) is 13.1 Å². The second-order valence-electron chi connectivity index (χ2n) is 7.00. The molecule has 3 heterocycles. The molecule has 6 nitrogen and oxygen atoms in total. The molecule has 6 heteroatoms. The zero-order chi connectivity index (χ0) is 16.8. The Morgan fingerprint density at radius 3 is 2.62 bits per heavy atom. The number of aromatic nitrogens is 1. The van der Waals surface area contributed by atoms with Gasteiger partial charge in [-0.3, -0.25) is 14.6 Å². The molecule has 1 aliphatic carbocycles. The number of hydrogen-bond acceptors (Lipinski definition) is 4. The molecular weight excluding hydrogens is 304 g/mol. The topological polar surface area (TPSA) is 88.3 Å². The number of allylic oxidation sites excluding steroid dienone is 1. The molecule has 2 fully saturated rings. The van der Waals surface area contributed by atoms with Crippen LogP contribution in [0, 0.1) is 0 Å². The number of nitrogens with two attached hydrogens (primary N) is 1. The van der Waals surface area contributed by atoms with Gasteiger partial charge in [0.05, 0.1) is 16.9 Å². The molecule has 0 radical (unpaired) electrons. The van der Waals surface area contributed by atoms with Gasteiger partial charge in [0.2, 0.25) is 5.91 Å². The fourth-order valence-corrected chi connectivity index (χ4v) is 4.55. The summed E-state index contributed by atoms with van der Waals surface area (Å²) >= 11 is 0. The number of piperidine rings is 1. The van der Waals surface area contributed by atoms with E-state index in [1.165, 1.54) is 0 Å². The van der Waals surface area contributed by atoms with Gasteiger partial charge in [0.15, 0.2) is 0 Å². The quantitative estimate of drug-likeness (QED) is 0.885. The van der Waals surface area contributed by atoms with Crippen molar-refractivity contribution in [2.75, 3.05) is 5.32 Å². The van der Waals surface area contributed by atoms with Gasteiger partial charge in [-0.2, -0.15) is 0 Å². The van der Waals surface area contributed by atoms with Crippen molar-refractivity contribution in [3.05, 3.63) is 29.1 Å². The normalized spacial score (nSPS) is 27.2. The lowest BCUT2D eigenvalue weighted by atomic mass is 9.96. The number of nitrogens with zero attached hydrogens (tertiary/aromatic N) is 2. The van der Waals surface area contributed by atoms with Gasteiger partial charge in [-0.1, -0.05) is 12.2 Å². The van der Waals surface area contributed by atoms with Crippen molar-refractivity contribution in [3.63, 3.8) is 0 Å². The summed E-state index contributed by atoms with van der Waals surface area (Å²) in [5.74, 6) is -0.288. The van der Waals surface area contributed by atoms with Crippen LogP contribution in [0.2, 0.25) is 0 Å². The first kappa shape index (κ1) is 15.2. The lowest BCUT2D eigenvalue weighted by Crippen LogP contribution is -2.49. The van der Waals surface area contributed by atoms with E-state index in [1.807, 2.05) is 11.0 Å². The molecule has 1 aromatic rings. The molecule has 2 aliphatic heterocycles. The monoisotopic (exact) mass is 326 g/mol. The zero-order valence-electron chi connectivity index (χ0n) is 13.8. The van der Waals surface area contributed by atoms with Crippen LogP contribution in [-0.4, -0.2) is 39.8 Å². The lowest BCUT2D eigenvalue weighted by molar-refractivity contribution is -0.133. The number of anilines is 1. The van der Waals surface area contributed by atoms with Crippen LogP contribution in [0.15, 0.2) is 12.3 Å². The van der Waals surface area contributed by atoms with Gasteiger partial charge in [-0.05, 0) is 25.7 Å². The minimum Gasteiger partial charge on any atom is -0.381 e. The molecule has 0 unspecified atom stereocenters. The molecule has 2 amide bonds. The average molecular weight is 326 g/mol. The molecule has 2 atom stereocenters. The van der Waals surface area contributed by atoms with Crippen molar-refractivity contribution < 1.29 is 9.59 Å². The van der Waals surface area contributed by atoms with E-state index >= 15 is 0 Å². The van der Waals surface area contributed by atoms with E-state index in [4.69, 9.17) is 5.73 Å². The minimum atomic E-state index is -0.461. The fourth-order valence-electron chi connectivity index (χ4n) is 4.55. The number of hydrogen-bond donors (Lipinski definition) is 2. The summed E-state index contributed by atoms with van der Waals surface area (Å²) in [6, 6.07) is 0.860. The van der Waals surface area contributed by atoms with Crippen LogP contribution in [0.5, 0.6) is 0 Å². The largest absolute Gasteiger partial charge is 0.381 e. The van der Waals surface area contributed by atoms with E-state index in [0.717, 1.165) is 49.0 Å². The smallest absolute Gasteiger partial charge is 0.252 e. The van der Waals surface area contributed by atoms with Crippen LogP contribution in [0.25, 0.3) is 6.08 Å². The first-order chi connectivity index (χ1) is 11.5. The average Bonchev–Trinajstić information content (AvgIpc) is 3.10. The summed E-state index contributed by atoms with van der Waals surface area (Å²) in [6.45, 7) is 1.66. The second kappa shape index (κ2) is 5.61. The number of rotatable bonds is 3. The molecule has 126 valence electrons. The molecule has 2 saturated heterocycles. The third kappa shape index (κ3) is 2.37. The lowest BCUT2D eigenvalue weighted by Gasteiger charge is -2.39. The Morgan fingerprint density at radius 1 is 1.29 bits per heavy atom. The molecule has 3 N–H and O–H groups in total. The molecule has 0 spiro atoms. The third-order valence-corrected chi connectivity index (χ3v) is 5.51. The van der Waals surface area contributed by atoms with E-state index < -0.39 is 5.91 Å². The number of primary amides is 1. The Labute approximate surface area is 141 Å². The molecule has 0 aromatic carbocycles. The summed E-state index contributed by atoms with van der Waals surface area (Å²) in [5, 5.41) is 3.56. The number of carbonyl (C=O) groups excluding carboxylic acids is 2. The van der Waals surface area contributed by atoms with Crippen molar-refractivity contribution in [1.82, 2.24) is 9.88 Å². The molecule has 1 aromatic heterocycles. The van der Waals surface area contributed by atoms with Crippen LogP contribution in [0.1, 0.15) is 54.2 Å². The summed E-state index contributed by atoms with van der Waals surface area (Å²) in [7, 11) is 0. The van der Waals surface area contributed by atoms with Gasteiger partial charge in [-0.25, -0.2) is 0 Å². The first-order valence-corrected chi connectivity index (χ1v) is 8.58. The second-order valence-corrected chi connectivity index (χ2v) is 7.00. The Morgan fingerprint density at radius 2 is 2.00 bits per heavy atom. The molecule has 24 heavy (non-hydrogen) atoms. The van der Waals surface area contributed by atoms with E-state index in [-0.39, 0.29) is 11.9 Å². The number of fused-ring (bicyclic) bond motifs is 3. The molecule has 0 saturated carbocycles. The first-order valence-electron chi connectivity index (χ1n) is 8.58. The maximum Gasteiger partial charge on any atom is 0.252 e. The summed E-state index contributed by atoms with van der Waals surface area (Å²) in [6.07, 6.45) is 10.4. The number of amides is 2. The summed E-state index contributed by atoms with van der Waals surface area (Å²) in [5.41, 5.74) is 8.76. The van der Waals surface area contributed by atoms with E-state index in [0.29, 0.717) is 17.6 Å². The maximum absolute atomic E-state index is 11.8. The summed E-state index contributed by atoms with van der Waals surface area (Å²) < 4.78 is 0. The molecular formula is C18H22N4O2. The molecule has 4 rings (SSSR count). The maximum atomic E-state index is 11.8. The predicted octanol–water partition coefficient (Wildman–Crippen LogP) is 1.70. The Bertz CT molecular complexity index is 729. The Kier molecular flexibility index (Phi) is 3.55. The standard InChI is InChI=1S/C18H22N4O2/c1-10(23)22-12-5-6-13(22)8-11(7-12)21-17-14-3-2-4-16(14)20-9-15(17)18(19)24/h2-3,9,11-13H,4-8H2,1H3,(H2,19,24)(H,20,21)/t12-,13-/m0/s1. The Hall–Kier alpha value is -2.37. The Balaban J connectivity index is 1.61. The number of nitrogens with one attached hydrogen (secondary N) is 1. The van der Waals surface area contributed by atoms with Crippen molar-refractivity contribution in [2.24, 2.45) is 5.73 Å². The van der Waals surface area contributed by atoms with Gasteiger partial charge in [-0.15, -0.1) is 0 Å². The SMILES string of the molecule is CC(=O)N1[C@H]2CC[C@H]1CC(Nc1c(C(N)=O)cnc3c1C=CC3)C2. The summed E-state index contributed by atoms with van der Waals surface area (Å²) in [4.78, 5) is 30.1. The van der Waals surface area contributed by atoms with Crippen LogP contribution in [0.3, 0.4) is 0 Å². The highest BCUT2D eigenvalue weighted by atomic mass is 16.2. The number of pyridine rings is 1.